The Kier molecular flexibility index (Phi) is 2.49. The molecule has 1 atom stereocenters. The van der Waals surface area contributed by atoms with Crippen molar-refractivity contribution < 1.29 is 0 Å². The van der Waals surface area contributed by atoms with E-state index >= 15 is 0 Å². The van der Waals surface area contributed by atoms with E-state index in [1.165, 1.54) is 0 Å². The molecule has 1 rings (SSSR count). The highest BCUT2D eigenvalue weighted by atomic mass is 32.1. The van der Waals surface area contributed by atoms with Crippen LogP contribution >= 0.6 is 25.4 Å². The van der Waals surface area contributed by atoms with Gasteiger partial charge in [0.25, 0.3) is 0 Å². The third kappa shape index (κ3) is 1.55. The molecule has 1 aliphatic heterocycles. The predicted molar refractivity (Wildman–Crippen MR) is 41.3 cm³/mol. The van der Waals surface area contributed by atoms with Crippen LogP contribution in [0.25, 0.3) is 0 Å². The maximum Gasteiger partial charge on any atom is 0.0748 e. The van der Waals surface area contributed by atoms with Gasteiger partial charge in [-0.15, -0.1) is 0 Å². The average Bonchev–Trinajstić information content (AvgIpc) is 1.77. The number of piperazine rings is 1. The van der Waals surface area contributed by atoms with E-state index in [-0.39, 0.29) is 5.37 Å². The van der Waals surface area contributed by atoms with E-state index in [4.69, 9.17) is 0 Å². The van der Waals surface area contributed by atoms with Crippen molar-refractivity contribution in [1.29, 1.82) is 0 Å². The lowest BCUT2D eigenvalue weighted by atomic mass is 10.4. The molecule has 0 aromatic heterocycles. The van der Waals surface area contributed by atoms with Crippen molar-refractivity contribution in [3.63, 3.8) is 0 Å². The summed E-state index contributed by atoms with van der Waals surface area (Å²) < 4.78 is 1.93. The zero-order valence-electron chi connectivity index (χ0n) is 4.54. The topological polar surface area (TPSA) is 15.3 Å². The Hall–Kier alpha value is 0.620. The summed E-state index contributed by atoms with van der Waals surface area (Å²) in [6.45, 7) is 2.95. The summed E-state index contributed by atoms with van der Waals surface area (Å²) in [6.07, 6.45) is 0. The first-order valence-electron chi connectivity index (χ1n) is 2.65. The van der Waals surface area contributed by atoms with E-state index < -0.39 is 0 Å². The first-order chi connectivity index (χ1) is 3.80. The molecule has 1 saturated heterocycles. The molecule has 8 heavy (non-hydrogen) atoms. The lowest BCUT2D eigenvalue weighted by Gasteiger charge is -2.27. The van der Waals surface area contributed by atoms with E-state index in [0.717, 1.165) is 19.6 Å². The molecule has 1 heterocycles. The second-order valence-electron chi connectivity index (χ2n) is 1.85. The van der Waals surface area contributed by atoms with Crippen LogP contribution in [-0.4, -0.2) is 29.3 Å². The van der Waals surface area contributed by atoms with E-state index in [0.29, 0.717) is 0 Å². The van der Waals surface area contributed by atoms with Crippen molar-refractivity contribution >= 4 is 25.4 Å². The van der Waals surface area contributed by atoms with Gasteiger partial charge < -0.3 is 5.32 Å². The van der Waals surface area contributed by atoms with E-state index in [9.17, 15) is 0 Å². The lowest BCUT2D eigenvalue weighted by Crippen LogP contribution is -2.43. The van der Waals surface area contributed by atoms with Gasteiger partial charge in [-0.2, -0.15) is 12.6 Å². The Morgan fingerprint density at radius 3 is 2.75 bits per heavy atom. The molecule has 0 saturated carbocycles. The van der Waals surface area contributed by atoms with Crippen molar-refractivity contribution in [1.82, 2.24) is 9.62 Å². The molecule has 0 amide bonds. The molecule has 1 aliphatic rings. The summed E-state index contributed by atoms with van der Waals surface area (Å²) in [7, 11) is 0. The maximum absolute atomic E-state index is 4.24. The minimum Gasteiger partial charge on any atom is -0.313 e. The monoisotopic (exact) mass is 150 g/mol. The molecule has 0 aromatic rings. The Morgan fingerprint density at radius 2 is 2.38 bits per heavy atom. The van der Waals surface area contributed by atoms with Gasteiger partial charge in [0.2, 0.25) is 0 Å². The smallest absolute Gasteiger partial charge is 0.0748 e. The quantitative estimate of drug-likeness (QED) is 0.421. The molecule has 48 valence electrons. The summed E-state index contributed by atoms with van der Waals surface area (Å²) in [5.41, 5.74) is 0. The minimum atomic E-state index is 0.284. The van der Waals surface area contributed by atoms with Gasteiger partial charge in [0.15, 0.2) is 0 Å². The second kappa shape index (κ2) is 2.96. The Bertz CT molecular complexity index is 68.4. The van der Waals surface area contributed by atoms with Crippen molar-refractivity contribution in [2.24, 2.45) is 0 Å². The normalized spacial score (nSPS) is 33.0. The lowest BCUT2D eigenvalue weighted by molar-refractivity contribution is 0.375. The highest BCUT2D eigenvalue weighted by Gasteiger charge is 2.13. The number of thiol groups is 2. The molecule has 0 radical (unpaired) electrons. The van der Waals surface area contributed by atoms with Gasteiger partial charge >= 0.3 is 0 Å². The SMILES string of the molecule is SC1CNCCN1S. The summed E-state index contributed by atoms with van der Waals surface area (Å²) in [5, 5.41) is 3.48. The fraction of sp³-hybridized carbons (Fsp3) is 1.00. The largest absolute Gasteiger partial charge is 0.313 e. The molecule has 0 spiro atoms. The number of nitrogens with zero attached hydrogens (tertiary/aromatic N) is 1. The summed E-state index contributed by atoms with van der Waals surface area (Å²) >= 11 is 8.42. The van der Waals surface area contributed by atoms with Gasteiger partial charge in [-0.25, -0.2) is 4.31 Å². The standard InChI is InChI=1S/C4H10N2S2/c7-4-3-5-1-2-6(4)8/h4-5,7-8H,1-3H2. The summed E-state index contributed by atoms with van der Waals surface area (Å²) in [5.74, 6) is 0. The first kappa shape index (κ1) is 6.74. The Morgan fingerprint density at radius 1 is 1.62 bits per heavy atom. The molecule has 0 aromatic carbocycles. The van der Waals surface area contributed by atoms with Crippen molar-refractivity contribution in [2.75, 3.05) is 19.6 Å². The Labute approximate surface area is 60.6 Å². The van der Waals surface area contributed by atoms with Crippen molar-refractivity contribution in [3.8, 4) is 0 Å². The first-order valence-corrected chi connectivity index (χ1v) is 3.56. The highest BCUT2D eigenvalue weighted by molar-refractivity contribution is 7.83. The molecule has 0 aliphatic carbocycles. The minimum absolute atomic E-state index is 0.284. The number of rotatable bonds is 0. The van der Waals surface area contributed by atoms with Gasteiger partial charge in [0.05, 0.1) is 5.37 Å². The van der Waals surface area contributed by atoms with Crippen LogP contribution in [0.15, 0.2) is 0 Å². The fourth-order valence-corrected chi connectivity index (χ4v) is 1.11. The number of hydrogen-bond donors (Lipinski definition) is 3. The van der Waals surface area contributed by atoms with Crippen molar-refractivity contribution in [2.45, 2.75) is 5.37 Å². The molecule has 2 nitrogen and oxygen atoms in total. The number of nitrogens with one attached hydrogen (secondary N) is 1. The molecular weight excluding hydrogens is 140 g/mol. The van der Waals surface area contributed by atoms with Gasteiger partial charge in [-0.05, 0) is 0 Å². The van der Waals surface area contributed by atoms with Gasteiger partial charge in [0.1, 0.15) is 0 Å². The van der Waals surface area contributed by atoms with Gasteiger partial charge in [-0.1, -0.05) is 12.8 Å². The summed E-state index contributed by atoms with van der Waals surface area (Å²) in [4.78, 5) is 0. The predicted octanol–water partition coefficient (Wildman–Crippen LogP) is -0.00770. The highest BCUT2D eigenvalue weighted by Crippen LogP contribution is 2.07. The van der Waals surface area contributed by atoms with Gasteiger partial charge in [-0.3, -0.25) is 0 Å². The second-order valence-corrected chi connectivity index (χ2v) is 2.96. The van der Waals surface area contributed by atoms with Crippen LogP contribution in [0.5, 0.6) is 0 Å². The van der Waals surface area contributed by atoms with Crippen LogP contribution in [-0.2, 0) is 0 Å². The molecule has 1 fully saturated rings. The zero-order chi connectivity index (χ0) is 5.98. The molecule has 0 bridgehead atoms. The van der Waals surface area contributed by atoms with Crippen LogP contribution in [0.2, 0.25) is 0 Å². The van der Waals surface area contributed by atoms with E-state index in [1.807, 2.05) is 4.31 Å². The Balaban J connectivity index is 2.28. The molecule has 1 N–H and O–H groups in total. The van der Waals surface area contributed by atoms with Gasteiger partial charge in [0, 0.05) is 19.6 Å². The third-order valence-electron chi connectivity index (χ3n) is 1.19. The summed E-state index contributed by atoms with van der Waals surface area (Å²) in [6, 6.07) is 0. The van der Waals surface area contributed by atoms with E-state index in [2.05, 4.69) is 30.8 Å². The number of hydrogen-bond acceptors (Lipinski definition) is 4. The van der Waals surface area contributed by atoms with Crippen LogP contribution in [0.4, 0.5) is 0 Å². The third-order valence-corrected chi connectivity index (χ3v) is 2.31. The zero-order valence-corrected chi connectivity index (χ0v) is 6.33. The van der Waals surface area contributed by atoms with Crippen molar-refractivity contribution in [3.05, 3.63) is 0 Å². The van der Waals surface area contributed by atoms with E-state index in [1.54, 1.807) is 0 Å². The molecule has 4 heteroatoms. The fourth-order valence-electron chi connectivity index (χ4n) is 0.679. The van der Waals surface area contributed by atoms with Crippen LogP contribution in [0.1, 0.15) is 0 Å². The molecule has 1 unspecified atom stereocenters. The van der Waals surface area contributed by atoms with Crippen LogP contribution in [0, 0.1) is 0 Å². The molecular formula is C4H10N2S2. The van der Waals surface area contributed by atoms with Crippen LogP contribution in [0.3, 0.4) is 0 Å². The van der Waals surface area contributed by atoms with Crippen LogP contribution < -0.4 is 5.32 Å². The maximum atomic E-state index is 4.24. The average molecular weight is 150 g/mol.